The SMILES string of the molecule is CCOc1ccc(C(C)(C)C)cc1[C@@H](O)Cc1ccc(C(=O)OC)cc1. The third-order valence-electron chi connectivity index (χ3n) is 4.34. The van der Waals surface area contributed by atoms with E-state index < -0.39 is 6.10 Å². The van der Waals surface area contributed by atoms with E-state index in [1.165, 1.54) is 7.11 Å². The number of aliphatic hydroxyl groups excluding tert-OH is 1. The highest BCUT2D eigenvalue weighted by atomic mass is 16.5. The molecule has 2 aromatic rings. The van der Waals surface area contributed by atoms with Crippen LogP contribution in [0.2, 0.25) is 0 Å². The van der Waals surface area contributed by atoms with Crippen molar-refractivity contribution in [3.63, 3.8) is 0 Å². The summed E-state index contributed by atoms with van der Waals surface area (Å²) in [6, 6.07) is 13.1. The summed E-state index contributed by atoms with van der Waals surface area (Å²) in [6.45, 7) is 8.90. The zero-order chi connectivity index (χ0) is 19.3. The molecule has 0 aromatic heterocycles. The molecule has 0 aliphatic heterocycles. The number of esters is 1. The van der Waals surface area contributed by atoms with Gasteiger partial charge < -0.3 is 14.6 Å². The first kappa shape index (κ1) is 20.0. The Hall–Kier alpha value is -2.33. The maximum atomic E-state index is 11.5. The standard InChI is InChI=1S/C22H28O4/c1-6-26-20-12-11-17(22(2,3)4)14-18(20)19(23)13-15-7-9-16(10-8-15)21(24)25-5/h7-12,14,19,23H,6,13H2,1-5H3/t19-/m0/s1. The number of hydrogen-bond acceptors (Lipinski definition) is 4. The van der Waals surface area contributed by atoms with Crippen LogP contribution < -0.4 is 4.74 Å². The second-order valence-corrected chi connectivity index (χ2v) is 7.34. The first-order chi connectivity index (χ1) is 12.3. The second kappa shape index (κ2) is 8.37. The number of carbonyl (C=O) groups is 1. The van der Waals surface area contributed by atoms with Crippen LogP contribution in [0.15, 0.2) is 42.5 Å². The number of benzene rings is 2. The summed E-state index contributed by atoms with van der Waals surface area (Å²) in [7, 11) is 1.36. The van der Waals surface area contributed by atoms with Gasteiger partial charge in [0.05, 0.1) is 25.4 Å². The molecule has 1 atom stereocenters. The Morgan fingerprint density at radius 2 is 1.77 bits per heavy atom. The molecule has 0 heterocycles. The third kappa shape index (κ3) is 4.85. The number of carbonyl (C=O) groups excluding carboxylic acids is 1. The van der Waals surface area contributed by atoms with E-state index in [-0.39, 0.29) is 11.4 Å². The molecule has 0 spiro atoms. The molecule has 0 aliphatic carbocycles. The molecule has 2 aromatic carbocycles. The van der Waals surface area contributed by atoms with Crippen molar-refractivity contribution >= 4 is 5.97 Å². The fourth-order valence-corrected chi connectivity index (χ4v) is 2.79. The summed E-state index contributed by atoms with van der Waals surface area (Å²) in [5, 5.41) is 10.8. The summed E-state index contributed by atoms with van der Waals surface area (Å²) in [5.41, 5.74) is 3.36. The van der Waals surface area contributed by atoms with E-state index in [4.69, 9.17) is 9.47 Å². The molecule has 4 nitrogen and oxygen atoms in total. The van der Waals surface area contributed by atoms with Crippen molar-refractivity contribution in [2.45, 2.75) is 45.6 Å². The van der Waals surface area contributed by atoms with Crippen molar-refractivity contribution in [1.82, 2.24) is 0 Å². The number of ether oxygens (including phenoxy) is 2. The summed E-state index contributed by atoms with van der Waals surface area (Å²) in [4.78, 5) is 11.5. The Morgan fingerprint density at radius 3 is 2.31 bits per heavy atom. The number of aliphatic hydroxyl groups is 1. The maximum Gasteiger partial charge on any atom is 0.337 e. The highest BCUT2D eigenvalue weighted by molar-refractivity contribution is 5.89. The van der Waals surface area contributed by atoms with Gasteiger partial charge in [-0.3, -0.25) is 0 Å². The molecule has 0 unspecified atom stereocenters. The maximum absolute atomic E-state index is 11.5. The van der Waals surface area contributed by atoms with Crippen LogP contribution in [0.25, 0.3) is 0 Å². The Kier molecular flexibility index (Phi) is 6.43. The van der Waals surface area contributed by atoms with Crippen molar-refractivity contribution in [1.29, 1.82) is 0 Å². The lowest BCUT2D eigenvalue weighted by Crippen LogP contribution is -2.13. The Labute approximate surface area is 155 Å². The van der Waals surface area contributed by atoms with E-state index in [2.05, 4.69) is 20.8 Å². The van der Waals surface area contributed by atoms with Gasteiger partial charge in [0.2, 0.25) is 0 Å². The average Bonchev–Trinajstić information content (AvgIpc) is 2.61. The molecule has 0 saturated carbocycles. The quantitative estimate of drug-likeness (QED) is 0.777. The highest BCUT2D eigenvalue weighted by Gasteiger charge is 2.20. The smallest absolute Gasteiger partial charge is 0.337 e. The molecule has 0 radical (unpaired) electrons. The van der Waals surface area contributed by atoms with Gasteiger partial charge in [-0.25, -0.2) is 4.79 Å². The van der Waals surface area contributed by atoms with Gasteiger partial charge in [-0.05, 0) is 47.7 Å². The van der Waals surface area contributed by atoms with Crippen LogP contribution in [-0.4, -0.2) is 24.8 Å². The molecule has 4 heteroatoms. The van der Waals surface area contributed by atoms with E-state index >= 15 is 0 Å². The lowest BCUT2D eigenvalue weighted by Gasteiger charge is -2.23. The molecule has 2 rings (SSSR count). The monoisotopic (exact) mass is 356 g/mol. The summed E-state index contributed by atoms with van der Waals surface area (Å²) >= 11 is 0. The van der Waals surface area contributed by atoms with E-state index in [1.807, 2.05) is 37.3 Å². The molecule has 0 aliphatic rings. The Balaban J connectivity index is 2.27. The van der Waals surface area contributed by atoms with Crippen LogP contribution in [-0.2, 0) is 16.6 Å². The molecule has 26 heavy (non-hydrogen) atoms. The largest absolute Gasteiger partial charge is 0.493 e. The number of methoxy groups -OCH3 is 1. The molecule has 1 N–H and O–H groups in total. The van der Waals surface area contributed by atoms with Gasteiger partial charge in [0.25, 0.3) is 0 Å². The van der Waals surface area contributed by atoms with Crippen LogP contribution >= 0.6 is 0 Å². The molecule has 0 bridgehead atoms. The fourth-order valence-electron chi connectivity index (χ4n) is 2.79. The first-order valence-corrected chi connectivity index (χ1v) is 8.88. The van der Waals surface area contributed by atoms with Gasteiger partial charge in [0.15, 0.2) is 0 Å². The summed E-state index contributed by atoms with van der Waals surface area (Å²) < 4.78 is 10.4. The van der Waals surface area contributed by atoms with Gasteiger partial charge in [-0.15, -0.1) is 0 Å². The highest BCUT2D eigenvalue weighted by Crippen LogP contribution is 2.33. The number of hydrogen-bond donors (Lipinski definition) is 1. The first-order valence-electron chi connectivity index (χ1n) is 8.88. The van der Waals surface area contributed by atoms with Crippen molar-refractivity contribution in [3.8, 4) is 5.75 Å². The Morgan fingerprint density at radius 1 is 1.12 bits per heavy atom. The minimum atomic E-state index is -0.692. The zero-order valence-corrected chi connectivity index (χ0v) is 16.2. The topological polar surface area (TPSA) is 55.8 Å². The molecule has 0 saturated heterocycles. The summed E-state index contributed by atoms with van der Waals surface area (Å²) in [5.74, 6) is 0.341. The Bertz CT molecular complexity index is 742. The molecule has 140 valence electrons. The predicted molar refractivity (Wildman–Crippen MR) is 103 cm³/mol. The van der Waals surface area contributed by atoms with Crippen molar-refractivity contribution in [2.24, 2.45) is 0 Å². The normalized spacial score (nSPS) is 12.5. The van der Waals surface area contributed by atoms with Crippen LogP contribution in [0, 0.1) is 0 Å². The van der Waals surface area contributed by atoms with Gasteiger partial charge in [0.1, 0.15) is 5.75 Å². The lowest BCUT2D eigenvalue weighted by atomic mass is 9.85. The van der Waals surface area contributed by atoms with Gasteiger partial charge in [-0.1, -0.05) is 39.0 Å². The number of rotatable bonds is 6. The zero-order valence-electron chi connectivity index (χ0n) is 16.2. The second-order valence-electron chi connectivity index (χ2n) is 7.34. The van der Waals surface area contributed by atoms with Crippen molar-refractivity contribution in [3.05, 3.63) is 64.7 Å². The van der Waals surface area contributed by atoms with E-state index in [1.54, 1.807) is 12.1 Å². The van der Waals surface area contributed by atoms with Gasteiger partial charge in [-0.2, -0.15) is 0 Å². The molecule has 0 amide bonds. The van der Waals surface area contributed by atoms with E-state index in [0.29, 0.717) is 24.3 Å². The van der Waals surface area contributed by atoms with Gasteiger partial charge in [0, 0.05) is 12.0 Å². The lowest BCUT2D eigenvalue weighted by molar-refractivity contribution is 0.0600. The molecular formula is C22H28O4. The third-order valence-corrected chi connectivity index (χ3v) is 4.34. The van der Waals surface area contributed by atoms with Gasteiger partial charge >= 0.3 is 5.97 Å². The van der Waals surface area contributed by atoms with Crippen LogP contribution in [0.1, 0.15) is 60.8 Å². The fraction of sp³-hybridized carbons (Fsp3) is 0.409. The predicted octanol–water partition coefficient (Wildman–Crippen LogP) is 4.45. The minimum absolute atomic E-state index is 0.0125. The van der Waals surface area contributed by atoms with Crippen molar-refractivity contribution < 1.29 is 19.4 Å². The van der Waals surface area contributed by atoms with E-state index in [0.717, 1.165) is 16.7 Å². The molecule has 0 fully saturated rings. The van der Waals surface area contributed by atoms with Crippen molar-refractivity contribution in [2.75, 3.05) is 13.7 Å². The van der Waals surface area contributed by atoms with Crippen LogP contribution in [0.4, 0.5) is 0 Å². The average molecular weight is 356 g/mol. The minimum Gasteiger partial charge on any atom is -0.493 e. The van der Waals surface area contributed by atoms with Crippen LogP contribution in [0.5, 0.6) is 5.75 Å². The van der Waals surface area contributed by atoms with E-state index in [9.17, 15) is 9.90 Å². The molecular weight excluding hydrogens is 328 g/mol. The van der Waals surface area contributed by atoms with Crippen LogP contribution in [0.3, 0.4) is 0 Å². The summed E-state index contributed by atoms with van der Waals surface area (Å²) in [6.07, 6.45) is -0.252.